The van der Waals surface area contributed by atoms with Crippen molar-refractivity contribution in [2.45, 2.75) is 85.1 Å². The molecule has 16 nitrogen and oxygen atoms in total. The second-order valence-electron chi connectivity index (χ2n) is 14.2. The van der Waals surface area contributed by atoms with Crippen molar-refractivity contribution in [3.63, 3.8) is 0 Å². The van der Waals surface area contributed by atoms with Crippen LogP contribution in [0.4, 0.5) is 5.69 Å². The number of anilines is 1. The van der Waals surface area contributed by atoms with E-state index in [0.717, 1.165) is 18.4 Å². The number of amides is 1. The minimum Gasteiger partial charge on any atom is -0.507 e. The number of aromatic hydroxyl groups is 2. The number of carbonyl (C=O) groups is 5. The number of ketones is 2. The maximum absolute atomic E-state index is 14.2. The fraction of sp³-hybridized carbons (Fsp3) is 0.462. The number of hydrogen-bond donors (Lipinski definition) is 6. The van der Waals surface area contributed by atoms with Gasteiger partial charge in [-0.15, -0.1) is 0 Å². The van der Waals surface area contributed by atoms with E-state index >= 15 is 0 Å². The fourth-order valence-electron chi connectivity index (χ4n) is 6.77. The van der Waals surface area contributed by atoms with E-state index in [1.807, 2.05) is 0 Å². The number of allylic oxidation sites excluding steroid dienone is 2. The molecular formula is C39H47NO15. The van der Waals surface area contributed by atoms with Gasteiger partial charge in [-0.1, -0.05) is 32.9 Å². The second-order valence-corrected chi connectivity index (χ2v) is 14.2. The molecule has 0 spiro atoms. The van der Waals surface area contributed by atoms with E-state index in [9.17, 15) is 49.5 Å². The van der Waals surface area contributed by atoms with Crippen LogP contribution in [0, 0.1) is 24.7 Å². The van der Waals surface area contributed by atoms with Gasteiger partial charge >= 0.3 is 17.7 Å². The molecule has 8 unspecified atom stereocenters. The molecule has 0 saturated heterocycles. The minimum absolute atomic E-state index is 0.00200. The van der Waals surface area contributed by atoms with Gasteiger partial charge < -0.3 is 54.5 Å². The monoisotopic (exact) mass is 769 g/mol. The number of rotatable bonds is 5. The number of esters is 1. The molecule has 5 bridgehead atoms. The standard InChI is InChI=1S/C39H47NO15/c1-17-11-10-13-38(7,50)35(47)21(5)30(44)19(3)33(54-22(6)41)18(2)24(51-9)12-14-53-39(8)36(48)29-27-25(52-16-26(42)43)15-23(40-37(17)49)32(46)28(27)31(45)20(4)34(29)55-39/h10-15,18-19,21,24,30,33,44-46,50H,16H2,1-9H3,(H,40,49)(H,42,43). The number of carboxylic acid groups (broad SMARTS) is 1. The van der Waals surface area contributed by atoms with Crippen LogP contribution in [0.15, 0.2) is 42.2 Å². The highest BCUT2D eigenvalue weighted by molar-refractivity contribution is 6.21. The molecule has 0 aromatic heterocycles. The van der Waals surface area contributed by atoms with Gasteiger partial charge in [-0.3, -0.25) is 19.2 Å². The molecule has 5 rings (SSSR count). The Morgan fingerprint density at radius 3 is 2.27 bits per heavy atom. The summed E-state index contributed by atoms with van der Waals surface area (Å²) in [5.41, 5.74) is -2.66. The average Bonchev–Trinajstić information content (AvgIpc) is 3.38. The van der Waals surface area contributed by atoms with Crippen LogP contribution < -0.4 is 14.8 Å². The van der Waals surface area contributed by atoms with Gasteiger partial charge in [0.1, 0.15) is 29.0 Å². The Bertz CT molecular complexity index is 2000. The van der Waals surface area contributed by atoms with Gasteiger partial charge in [0, 0.05) is 61.3 Å². The van der Waals surface area contributed by atoms with Crippen LogP contribution in [0.2, 0.25) is 0 Å². The Morgan fingerprint density at radius 1 is 1.02 bits per heavy atom. The van der Waals surface area contributed by atoms with E-state index in [4.69, 9.17) is 23.7 Å². The molecule has 2 aromatic rings. The number of nitrogens with one attached hydrogen (secondary N) is 1. The van der Waals surface area contributed by atoms with Gasteiger partial charge in [-0.2, -0.15) is 0 Å². The molecule has 298 valence electrons. The Kier molecular flexibility index (Phi) is 12.4. The number of benzene rings is 2. The Balaban J connectivity index is 1.95. The summed E-state index contributed by atoms with van der Waals surface area (Å²) in [6, 6.07) is 1.08. The Labute approximate surface area is 317 Å². The Morgan fingerprint density at radius 2 is 1.67 bits per heavy atom. The molecule has 3 aliphatic rings. The lowest BCUT2D eigenvalue weighted by Crippen LogP contribution is -2.48. The first-order valence-electron chi connectivity index (χ1n) is 17.4. The van der Waals surface area contributed by atoms with Crippen molar-refractivity contribution in [2.75, 3.05) is 19.0 Å². The third kappa shape index (κ3) is 8.30. The third-order valence-corrected chi connectivity index (χ3v) is 9.99. The van der Waals surface area contributed by atoms with Crippen molar-refractivity contribution < 1.29 is 73.2 Å². The van der Waals surface area contributed by atoms with Gasteiger partial charge in [0.25, 0.3) is 11.7 Å². The quantitative estimate of drug-likeness (QED) is 0.187. The number of hydrogen-bond acceptors (Lipinski definition) is 14. The number of carboxylic acids is 1. The van der Waals surface area contributed by atoms with E-state index in [2.05, 4.69) is 5.32 Å². The van der Waals surface area contributed by atoms with Gasteiger partial charge in [-0.05, 0) is 32.9 Å². The van der Waals surface area contributed by atoms with Crippen LogP contribution in [0.5, 0.6) is 23.0 Å². The van der Waals surface area contributed by atoms with Crippen molar-refractivity contribution >= 4 is 45.9 Å². The van der Waals surface area contributed by atoms with Gasteiger partial charge in [0.05, 0.1) is 35.1 Å². The largest absolute Gasteiger partial charge is 0.507 e. The molecule has 8 atom stereocenters. The summed E-state index contributed by atoms with van der Waals surface area (Å²) < 4.78 is 28.7. The van der Waals surface area contributed by atoms with Gasteiger partial charge in [0.15, 0.2) is 18.1 Å². The number of ether oxygens (including phenoxy) is 5. The highest BCUT2D eigenvalue weighted by atomic mass is 16.7. The zero-order valence-corrected chi connectivity index (χ0v) is 32.0. The van der Waals surface area contributed by atoms with Crippen molar-refractivity contribution in [3.05, 3.63) is 53.3 Å². The number of fused-ring (bicyclic) bond motifs is 14. The molecular weight excluding hydrogens is 722 g/mol. The lowest BCUT2D eigenvalue weighted by atomic mass is 9.78. The number of aliphatic carboxylic acids is 1. The Hall–Kier alpha value is -5.45. The van der Waals surface area contributed by atoms with Crippen LogP contribution in [-0.2, 0) is 33.4 Å². The number of aliphatic hydroxyl groups is 2. The zero-order chi connectivity index (χ0) is 41.3. The van der Waals surface area contributed by atoms with Gasteiger partial charge in [-0.25, -0.2) is 4.79 Å². The highest BCUT2D eigenvalue weighted by Gasteiger charge is 2.50. The predicted octanol–water partition coefficient (Wildman–Crippen LogP) is 3.84. The molecule has 1 amide bonds. The summed E-state index contributed by atoms with van der Waals surface area (Å²) in [6.45, 7) is 10.2. The SMILES string of the molecule is COC1C=COC2(C)Oc3c(C)c(O)c4c(O)c(cc(OCC(=O)O)c4c3C2=O)NC(=O)C(C)=CC=CC(C)(O)C(=O)C(C)C(O)C(C)C(OC(C)=O)C1C. The minimum atomic E-state index is -2.13. The van der Waals surface area contributed by atoms with E-state index in [-0.39, 0.29) is 44.7 Å². The maximum Gasteiger partial charge on any atom is 0.341 e. The first-order valence-corrected chi connectivity index (χ1v) is 17.4. The third-order valence-electron chi connectivity index (χ3n) is 9.99. The molecule has 3 heterocycles. The molecule has 16 heteroatoms. The summed E-state index contributed by atoms with van der Waals surface area (Å²) in [5.74, 6) is -11.0. The number of phenolic OH excluding ortho intramolecular Hbond substituents is 2. The summed E-state index contributed by atoms with van der Waals surface area (Å²) in [6.07, 6.45) is 2.81. The van der Waals surface area contributed by atoms with Crippen LogP contribution in [0.25, 0.3) is 10.8 Å². The number of aliphatic hydroxyl groups excluding tert-OH is 1. The molecule has 6 N–H and O–H groups in total. The summed E-state index contributed by atoms with van der Waals surface area (Å²) in [5, 5.41) is 56.7. The van der Waals surface area contributed by atoms with Crippen LogP contribution in [0.3, 0.4) is 0 Å². The number of methoxy groups -OCH3 is 1. The molecule has 2 aromatic carbocycles. The zero-order valence-electron chi connectivity index (χ0n) is 32.0. The topological polar surface area (TPSA) is 245 Å². The highest BCUT2D eigenvalue weighted by Crippen LogP contribution is 2.54. The van der Waals surface area contributed by atoms with Crippen molar-refractivity contribution in [1.29, 1.82) is 0 Å². The second kappa shape index (κ2) is 16.1. The van der Waals surface area contributed by atoms with Crippen LogP contribution in [0.1, 0.15) is 64.4 Å². The average molecular weight is 770 g/mol. The summed E-state index contributed by atoms with van der Waals surface area (Å²) >= 11 is 0. The van der Waals surface area contributed by atoms with E-state index in [1.54, 1.807) is 13.8 Å². The van der Waals surface area contributed by atoms with E-state index in [1.165, 1.54) is 66.9 Å². The van der Waals surface area contributed by atoms with Gasteiger partial charge in [0.2, 0.25) is 0 Å². The lowest BCUT2D eigenvalue weighted by Gasteiger charge is -2.37. The molecule has 0 fully saturated rings. The van der Waals surface area contributed by atoms with Crippen molar-refractivity contribution in [1.82, 2.24) is 0 Å². The normalized spacial score (nSPS) is 29.1. The molecule has 3 aliphatic heterocycles. The number of phenols is 2. The lowest BCUT2D eigenvalue weighted by molar-refractivity contribution is -0.160. The number of Topliss-reactive ketones (excluding diaryl/α,β-unsaturated/α-hetero) is 2. The first-order chi connectivity index (χ1) is 25.6. The molecule has 55 heavy (non-hydrogen) atoms. The number of carbonyl (C=O) groups excluding carboxylic acids is 4. The van der Waals surface area contributed by atoms with Crippen molar-refractivity contribution in [3.8, 4) is 23.0 Å². The molecule has 0 saturated carbocycles. The van der Waals surface area contributed by atoms with Crippen LogP contribution in [-0.4, -0.2) is 98.4 Å². The maximum atomic E-state index is 14.2. The van der Waals surface area contributed by atoms with E-state index in [0.29, 0.717) is 0 Å². The first kappa shape index (κ1) is 42.3. The summed E-state index contributed by atoms with van der Waals surface area (Å²) in [4.78, 5) is 64.8. The predicted molar refractivity (Wildman–Crippen MR) is 196 cm³/mol. The van der Waals surface area contributed by atoms with Crippen molar-refractivity contribution in [2.24, 2.45) is 17.8 Å². The fourth-order valence-corrected chi connectivity index (χ4v) is 6.77. The summed E-state index contributed by atoms with van der Waals surface area (Å²) in [7, 11) is 1.37. The van der Waals surface area contributed by atoms with E-state index < -0.39 is 95.0 Å². The molecule has 0 radical (unpaired) electrons. The van der Waals surface area contributed by atoms with Crippen LogP contribution >= 0.6 is 0 Å². The molecule has 0 aliphatic carbocycles. The smallest absolute Gasteiger partial charge is 0.341 e.